The van der Waals surface area contributed by atoms with Crippen LogP contribution in [-0.4, -0.2) is 5.11 Å². The number of rotatable bonds is 1. The van der Waals surface area contributed by atoms with Crippen molar-refractivity contribution < 1.29 is 5.11 Å². The van der Waals surface area contributed by atoms with E-state index in [-0.39, 0.29) is 5.75 Å². The first-order valence-electron chi connectivity index (χ1n) is 3.85. The van der Waals surface area contributed by atoms with Gasteiger partial charge in [0, 0.05) is 17.8 Å². The summed E-state index contributed by atoms with van der Waals surface area (Å²) in [6.45, 7) is 4.05. The zero-order chi connectivity index (χ0) is 9.30. The molecule has 3 heteroatoms. The number of aromatic hydroxyl groups is 1. The van der Waals surface area contributed by atoms with Crippen LogP contribution in [0.4, 0.5) is 5.69 Å². The van der Waals surface area contributed by atoms with E-state index in [4.69, 9.17) is 11.5 Å². The van der Waals surface area contributed by atoms with Crippen molar-refractivity contribution in [1.82, 2.24) is 0 Å². The molecule has 1 rings (SSSR count). The molecule has 0 amide bonds. The number of nitrogen functional groups attached to an aromatic ring is 1. The highest BCUT2D eigenvalue weighted by atomic mass is 16.3. The van der Waals surface area contributed by atoms with E-state index in [1.165, 1.54) is 0 Å². The fourth-order valence-corrected chi connectivity index (χ4v) is 1.28. The summed E-state index contributed by atoms with van der Waals surface area (Å²) in [5.41, 5.74) is 14.4. The number of phenolic OH excluding ortho intramolecular Hbond substituents is 1. The Morgan fingerprint density at radius 1 is 1.42 bits per heavy atom. The van der Waals surface area contributed by atoms with Crippen LogP contribution in [0.5, 0.6) is 5.75 Å². The van der Waals surface area contributed by atoms with Crippen LogP contribution < -0.4 is 11.5 Å². The van der Waals surface area contributed by atoms with Crippen molar-refractivity contribution in [2.24, 2.45) is 5.73 Å². The SMILES string of the molecule is Cc1cc(O)c(CN)c(C)c1N. The number of benzene rings is 1. The van der Waals surface area contributed by atoms with Crippen LogP contribution in [-0.2, 0) is 6.54 Å². The Kier molecular flexibility index (Phi) is 2.24. The minimum atomic E-state index is 0.238. The molecule has 0 heterocycles. The normalized spacial score (nSPS) is 10.2. The van der Waals surface area contributed by atoms with E-state index in [0.717, 1.165) is 16.7 Å². The average molecular weight is 166 g/mol. The Morgan fingerprint density at radius 2 is 2.00 bits per heavy atom. The van der Waals surface area contributed by atoms with Crippen molar-refractivity contribution in [3.63, 3.8) is 0 Å². The molecule has 0 bridgehead atoms. The van der Waals surface area contributed by atoms with Crippen LogP contribution in [0.1, 0.15) is 16.7 Å². The second kappa shape index (κ2) is 3.03. The predicted octanol–water partition coefficient (Wildman–Crippen LogP) is 1.05. The highest BCUT2D eigenvalue weighted by molar-refractivity contribution is 5.60. The highest BCUT2D eigenvalue weighted by Crippen LogP contribution is 2.28. The third-order valence-corrected chi connectivity index (χ3v) is 2.15. The van der Waals surface area contributed by atoms with E-state index in [1.54, 1.807) is 6.07 Å². The molecule has 0 fully saturated rings. The molecule has 0 unspecified atom stereocenters. The number of hydrogen-bond donors (Lipinski definition) is 3. The Hall–Kier alpha value is -1.22. The van der Waals surface area contributed by atoms with Crippen molar-refractivity contribution in [3.05, 3.63) is 22.8 Å². The highest BCUT2D eigenvalue weighted by Gasteiger charge is 2.08. The maximum absolute atomic E-state index is 9.46. The summed E-state index contributed by atoms with van der Waals surface area (Å²) >= 11 is 0. The molecule has 0 aliphatic heterocycles. The number of hydrogen-bond acceptors (Lipinski definition) is 3. The maximum atomic E-state index is 9.46. The van der Waals surface area contributed by atoms with Gasteiger partial charge in [0.1, 0.15) is 5.75 Å². The first-order chi connectivity index (χ1) is 5.57. The molecule has 0 spiro atoms. The van der Waals surface area contributed by atoms with Gasteiger partial charge >= 0.3 is 0 Å². The molecule has 0 aliphatic rings. The second-order valence-corrected chi connectivity index (χ2v) is 2.93. The van der Waals surface area contributed by atoms with E-state index in [1.807, 2.05) is 13.8 Å². The van der Waals surface area contributed by atoms with E-state index in [0.29, 0.717) is 12.2 Å². The predicted molar refractivity (Wildman–Crippen MR) is 49.9 cm³/mol. The minimum absolute atomic E-state index is 0.238. The number of nitrogens with two attached hydrogens (primary N) is 2. The third kappa shape index (κ3) is 1.23. The fourth-order valence-electron chi connectivity index (χ4n) is 1.28. The quantitative estimate of drug-likeness (QED) is 0.431. The topological polar surface area (TPSA) is 72.3 Å². The standard InChI is InChI=1S/C9H14N2O/c1-5-3-8(12)7(4-10)6(2)9(5)11/h3,12H,4,10-11H2,1-2H3. The van der Waals surface area contributed by atoms with Crippen molar-refractivity contribution in [2.45, 2.75) is 20.4 Å². The van der Waals surface area contributed by atoms with Crippen LogP contribution in [0.3, 0.4) is 0 Å². The van der Waals surface area contributed by atoms with Gasteiger partial charge in [-0.1, -0.05) is 0 Å². The molecule has 66 valence electrons. The lowest BCUT2D eigenvalue weighted by atomic mass is 10.0. The maximum Gasteiger partial charge on any atom is 0.120 e. The molecule has 0 aliphatic carbocycles. The second-order valence-electron chi connectivity index (χ2n) is 2.93. The van der Waals surface area contributed by atoms with Gasteiger partial charge in [-0.25, -0.2) is 0 Å². The van der Waals surface area contributed by atoms with Gasteiger partial charge in [-0.15, -0.1) is 0 Å². The number of anilines is 1. The molecule has 0 aromatic heterocycles. The average Bonchev–Trinajstić information content (AvgIpc) is 2.01. The molecular weight excluding hydrogens is 152 g/mol. The monoisotopic (exact) mass is 166 g/mol. The lowest BCUT2D eigenvalue weighted by molar-refractivity contribution is 0.467. The zero-order valence-corrected chi connectivity index (χ0v) is 7.39. The molecule has 5 N–H and O–H groups in total. The Bertz CT molecular complexity index is 308. The van der Waals surface area contributed by atoms with E-state index >= 15 is 0 Å². The molecule has 12 heavy (non-hydrogen) atoms. The Labute approximate surface area is 72.0 Å². The third-order valence-electron chi connectivity index (χ3n) is 2.15. The van der Waals surface area contributed by atoms with Crippen LogP contribution in [0, 0.1) is 13.8 Å². The largest absolute Gasteiger partial charge is 0.508 e. The van der Waals surface area contributed by atoms with Gasteiger partial charge < -0.3 is 16.6 Å². The van der Waals surface area contributed by atoms with Gasteiger partial charge in [0.15, 0.2) is 0 Å². The van der Waals surface area contributed by atoms with Gasteiger partial charge in [-0.2, -0.15) is 0 Å². The van der Waals surface area contributed by atoms with Crippen LogP contribution in [0.2, 0.25) is 0 Å². The molecule has 1 aromatic rings. The summed E-state index contributed by atoms with van der Waals surface area (Å²) < 4.78 is 0. The molecule has 0 saturated heterocycles. The molecule has 3 nitrogen and oxygen atoms in total. The van der Waals surface area contributed by atoms with E-state index in [9.17, 15) is 5.11 Å². The minimum Gasteiger partial charge on any atom is -0.508 e. The number of phenols is 1. The fraction of sp³-hybridized carbons (Fsp3) is 0.333. The first-order valence-corrected chi connectivity index (χ1v) is 3.85. The summed E-state index contributed by atoms with van der Waals surface area (Å²) in [6, 6.07) is 1.64. The first kappa shape index (κ1) is 8.87. The molecule has 0 atom stereocenters. The van der Waals surface area contributed by atoms with Crippen LogP contribution in [0.25, 0.3) is 0 Å². The summed E-state index contributed by atoms with van der Waals surface area (Å²) in [6.07, 6.45) is 0. The summed E-state index contributed by atoms with van der Waals surface area (Å²) in [5, 5.41) is 9.46. The molecule has 0 saturated carbocycles. The van der Waals surface area contributed by atoms with Crippen molar-refractivity contribution >= 4 is 5.69 Å². The van der Waals surface area contributed by atoms with Crippen molar-refractivity contribution in [2.75, 3.05) is 5.73 Å². The summed E-state index contributed by atoms with van der Waals surface area (Å²) in [5.74, 6) is 0.238. The Morgan fingerprint density at radius 3 is 2.50 bits per heavy atom. The van der Waals surface area contributed by atoms with Gasteiger partial charge in [0.05, 0.1) is 0 Å². The smallest absolute Gasteiger partial charge is 0.120 e. The van der Waals surface area contributed by atoms with Gasteiger partial charge in [0.25, 0.3) is 0 Å². The van der Waals surface area contributed by atoms with Crippen molar-refractivity contribution in [3.8, 4) is 5.75 Å². The summed E-state index contributed by atoms with van der Waals surface area (Å²) in [7, 11) is 0. The zero-order valence-electron chi connectivity index (χ0n) is 7.39. The summed E-state index contributed by atoms with van der Waals surface area (Å²) in [4.78, 5) is 0. The van der Waals surface area contributed by atoms with Gasteiger partial charge in [0.2, 0.25) is 0 Å². The van der Waals surface area contributed by atoms with Crippen LogP contribution >= 0.6 is 0 Å². The van der Waals surface area contributed by atoms with E-state index in [2.05, 4.69) is 0 Å². The van der Waals surface area contributed by atoms with Gasteiger partial charge in [-0.05, 0) is 31.0 Å². The van der Waals surface area contributed by atoms with Crippen LogP contribution in [0.15, 0.2) is 6.07 Å². The van der Waals surface area contributed by atoms with Crippen molar-refractivity contribution in [1.29, 1.82) is 0 Å². The Balaban J connectivity index is 3.40. The molecule has 1 aromatic carbocycles. The lowest BCUT2D eigenvalue weighted by Gasteiger charge is -2.11. The molecular formula is C9H14N2O. The van der Waals surface area contributed by atoms with Gasteiger partial charge in [-0.3, -0.25) is 0 Å². The number of aryl methyl sites for hydroxylation is 1. The lowest BCUT2D eigenvalue weighted by Crippen LogP contribution is -2.03. The van der Waals surface area contributed by atoms with E-state index < -0.39 is 0 Å². The molecule has 0 radical (unpaired) electrons.